The average Bonchev–Trinajstić information content (AvgIpc) is 2.93. The molecule has 1 aliphatic heterocycles. The maximum Gasteiger partial charge on any atom is 0.142 e. The maximum atomic E-state index is 5.38. The Morgan fingerprint density at radius 3 is 3.11 bits per heavy atom. The van der Waals surface area contributed by atoms with Gasteiger partial charge in [0.1, 0.15) is 4.83 Å². The van der Waals surface area contributed by atoms with Crippen molar-refractivity contribution in [1.82, 2.24) is 9.61 Å². The van der Waals surface area contributed by atoms with E-state index >= 15 is 0 Å². The van der Waals surface area contributed by atoms with E-state index in [0.29, 0.717) is 6.04 Å². The fraction of sp³-hybridized carbons (Fsp3) is 0.615. The molecule has 0 spiro atoms. The molecule has 0 bridgehead atoms. The normalized spacial score (nSPS) is 17.4. The third kappa shape index (κ3) is 2.37. The number of hydrogen-bond acceptors (Lipinski definition) is 4. The molecule has 0 amide bonds. The zero-order valence-electron chi connectivity index (χ0n) is 10.7. The molecule has 0 saturated carbocycles. The van der Waals surface area contributed by atoms with Crippen LogP contribution in [0.25, 0.3) is 4.83 Å². The number of aryl methyl sites for hydroxylation is 1. The van der Waals surface area contributed by atoms with E-state index < -0.39 is 0 Å². The van der Waals surface area contributed by atoms with Crippen LogP contribution in [0.5, 0.6) is 0 Å². The molecule has 0 atom stereocenters. The number of thiazole rings is 1. The predicted molar refractivity (Wildman–Crippen MR) is 74.5 cm³/mol. The quantitative estimate of drug-likeness (QED) is 0.923. The van der Waals surface area contributed by atoms with Gasteiger partial charge in [0.25, 0.3) is 0 Å². The van der Waals surface area contributed by atoms with Crippen molar-refractivity contribution in [1.29, 1.82) is 0 Å². The Morgan fingerprint density at radius 1 is 1.50 bits per heavy atom. The summed E-state index contributed by atoms with van der Waals surface area (Å²) in [6.07, 6.45) is 8.60. The minimum Gasteiger partial charge on any atom is -0.381 e. The summed E-state index contributed by atoms with van der Waals surface area (Å²) in [6.45, 7) is 3.95. The summed E-state index contributed by atoms with van der Waals surface area (Å²) in [5.41, 5.74) is 1.18. The molecule has 1 aliphatic rings. The molecule has 0 unspecified atom stereocenters. The standard InChI is InChI=1S/C13H19N3OS/c1-2-3-11-9-16-13(18-11)12(8-14-16)15-10-4-6-17-7-5-10/h8-10,15H,2-7H2,1H3. The molecular weight excluding hydrogens is 246 g/mol. The molecule has 98 valence electrons. The molecule has 2 aromatic heterocycles. The molecule has 0 aromatic carbocycles. The summed E-state index contributed by atoms with van der Waals surface area (Å²) in [4.78, 5) is 2.65. The third-order valence-electron chi connectivity index (χ3n) is 3.32. The predicted octanol–water partition coefficient (Wildman–Crippen LogP) is 2.94. The smallest absolute Gasteiger partial charge is 0.142 e. The van der Waals surface area contributed by atoms with Crippen LogP contribution < -0.4 is 5.32 Å². The van der Waals surface area contributed by atoms with Crippen LogP contribution in [0, 0.1) is 0 Å². The minimum absolute atomic E-state index is 0.531. The third-order valence-corrected chi connectivity index (χ3v) is 4.49. The fourth-order valence-electron chi connectivity index (χ4n) is 2.35. The summed E-state index contributed by atoms with van der Waals surface area (Å²) in [5, 5.41) is 8.03. The van der Waals surface area contributed by atoms with E-state index in [0.717, 1.165) is 32.5 Å². The molecule has 0 aliphatic carbocycles. The first kappa shape index (κ1) is 12.0. The molecule has 2 aromatic rings. The number of aromatic nitrogens is 2. The van der Waals surface area contributed by atoms with Gasteiger partial charge in [0, 0.05) is 30.3 Å². The fourth-order valence-corrected chi connectivity index (χ4v) is 3.48. The van der Waals surface area contributed by atoms with Crippen LogP contribution in [0.3, 0.4) is 0 Å². The summed E-state index contributed by atoms with van der Waals surface area (Å²) >= 11 is 1.85. The second-order valence-corrected chi connectivity index (χ2v) is 5.90. The summed E-state index contributed by atoms with van der Waals surface area (Å²) < 4.78 is 7.38. The van der Waals surface area contributed by atoms with Gasteiger partial charge in [-0.15, -0.1) is 11.3 Å². The molecule has 3 rings (SSSR count). The summed E-state index contributed by atoms with van der Waals surface area (Å²) in [5.74, 6) is 0. The highest BCUT2D eigenvalue weighted by Crippen LogP contribution is 2.27. The Kier molecular flexibility index (Phi) is 3.52. The van der Waals surface area contributed by atoms with E-state index in [9.17, 15) is 0 Å². The Hall–Kier alpha value is -1.07. The van der Waals surface area contributed by atoms with Crippen molar-refractivity contribution in [2.75, 3.05) is 18.5 Å². The molecule has 1 fully saturated rings. The Morgan fingerprint density at radius 2 is 2.33 bits per heavy atom. The van der Waals surface area contributed by atoms with E-state index in [1.54, 1.807) is 0 Å². The van der Waals surface area contributed by atoms with Gasteiger partial charge in [0.2, 0.25) is 0 Å². The first-order chi connectivity index (χ1) is 8.86. The minimum atomic E-state index is 0.531. The highest BCUT2D eigenvalue weighted by molar-refractivity contribution is 7.18. The number of hydrogen-bond donors (Lipinski definition) is 1. The van der Waals surface area contributed by atoms with Crippen LogP contribution in [-0.4, -0.2) is 28.9 Å². The number of nitrogens with zero attached hydrogens (tertiary/aromatic N) is 2. The van der Waals surface area contributed by atoms with E-state index in [4.69, 9.17) is 4.74 Å². The highest BCUT2D eigenvalue weighted by Gasteiger charge is 2.16. The van der Waals surface area contributed by atoms with Crippen molar-refractivity contribution in [3.63, 3.8) is 0 Å². The van der Waals surface area contributed by atoms with Gasteiger partial charge in [0.15, 0.2) is 0 Å². The van der Waals surface area contributed by atoms with Crippen LogP contribution in [0.4, 0.5) is 5.69 Å². The second kappa shape index (κ2) is 5.28. The van der Waals surface area contributed by atoms with Crippen molar-refractivity contribution in [2.45, 2.75) is 38.6 Å². The van der Waals surface area contributed by atoms with Crippen LogP contribution in [0.1, 0.15) is 31.1 Å². The molecule has 1 N–H and O–H groups in total. The molecule has 1 saturated heterocycles. The Bertz CT molecular complexity index is 513. The second-order valence-electron chi connectivity index (χ2n) is 4.79. The average molecular weight is 265 g/mol. The lowest BCUT2D eigenvalue weighted by Gasteiger charge is -2.23. The first-order valence-corrected chi connectivity index (χ1v) is 7.49. The van der Waals surface area contributed by atoms with Crippen LogP contribution in [-0.2, 0) is 11.2 Å². The Balaban J connectivity index is 1.78. The van der Waals surface area contributed by atoms with Gasteiger partial charge in [-0.2, -0.15) is 5.10 Å². The first-order valence-electron chi connectivity index (χ1n) is 6.67. The van der Waals surface area contributed by atoms with E-state index in [2.05, 4.69) is 23.5 Å². The SMILES string of the molecule is CCCc1cn2ncc(NC3CCOCC3)c2s1. The van der Waals surface area contributed by atoms with Gasteiger partial charge in [-0.05, 0) is 19.3 Å². The lowest BCUT2D eigenvalue weighted by atomic mass is 10.1. The van der Waals surface area contributed by atoms with Crippen molar-refractivity contribution in [3.8, 4) is 0 Å². The molecule has 4 nitrogen and oxygen atoms in total. The van der Waals surface area contributed by atoms with Crippen molar-refractivity contribution < 1.29 is 4.74 Å². The van der Waals surface area contributed by atoms with Gasteiger partial charge in [-0.3, -0.25) is 0 Å². The topological polar surface area (TPSA) is 38.6 Å². The van der Waals surface area contributed by atoms with Crippen LogP contribution >= 0.6 is 11.3 Å². The van der Waals surface area contributed by atoms with E-state index in [1.807, 2.05) is 22.0 Å². The monoisotopic (exact) mass is 265 g/mol. The Labute approximate surface area is 111 Å². The zero-order valence-corrected chi connectivity index (χ0v) is 11.5. The number of nitrogens with one attached hydrogen (secondary N) is 1. The molecule has 18 heavy (non-hydrogen) atoms. The maximum absolute atomic E-state index is 5.38. The summed E-state index contributed by atoms with van der Waals surface area (Å²) in [7, 11) is 0. The lowest BCUT2D eigenvalue weighted by molar-refractivity contribution is 0.0905. The van der Waals surface area contributed by atoms with E-state index in [1.165, 1.54) is 21.8 Å². The van der Waals surface area contributed by atoms with Crippen molar-refractivity contribution in [3.05, 3.63) is 17.3 Å². The molecule has 0 radical (unpaired) electrons. The lowest BCUT2D eigenvalue weighted by Crippen LogP contribution is -2.27. The van der Waals surface area contributed by atoms with Crippen molar-refractivity contribution in [2.24, 2.45) is 0 Å². The van der Waals surface area contributed by atoms with Gasteiger partial charge >= 0.3 is 0 Å². The zero-order chi connectivity index (χ0) is 12.4. The van der Waals surface area contributed by atoms with Gasteiger partial charge < -0.3 is 10.1 Å². The highest BCUT2D eigenvalue weighted by atomic mass is 32.1. The number of rotatable bonds is 4. The van der Waals surface area contributed by atoms with Gasteiger partial charge in [-0.1, -0.05) is 13.3 Å². The number of ether oxygens (including phenoxy) is 1. The summed E-state index contributed by atoms with van der Waals surface area (Å²) in [6, 6.07) is 0.531. The largest absolute Gasteiger partial charge is 0.381 e. The molecule has 5 heteroatoms. The number of fused-ring (bicyclic) bond motifs is 1. The molecule has 3 heterocycles. The van der Waals surface area contributed by atoms with Crippen LogP contribution in [0.2, 0.25) is 0 Å². The van der Waals surface area contributed by atoms with E-state index in [-0.39, 0.29) is 0 Å². The van der Waals surface area contributed by atoms with Crippen LogP contribution in [0.15, 0.2) is 12.4 Å². The molecular formula is C13H19N3OS. The van der Waals surface area contributed by atoms with Gasteiger partial charge in [0.05, 0.1) is 11.9 Å². The van der Waals surface area contributed by atoms with Crippen molar-refractivity contribution >= 4 is 21.9 Å². The number of anilines is 1. The van der Waals surface area contributed by atoms with Gasteiger partial charge in [-0.25, -0.2) is 4.52 Å².